The van der Waals surface area contributed by atoms with E-state index in [1.807, 2.05) is 32.0 Å². The summed E-state index contributed by atoms with van der Waals surface area (Å²) in [7, 11) is 0. The Morgan fingerprint density at radius 1 is 1.16 bits per heavy atom. The lowest BCUT2D eigenvalue weighted by Gasteiger charge is -2.12. The fourth-order valence-electron chi connectivity index (χ4n) is 3.05. The molecule has 0 amide bonds. The van der Waals surface area contributed by atoms with Crippen molar-refractivity contribution in [1.82, 2.24) is 19.6 Å². The molecule has 3 heterocycles. The first-order chi connectivity index (χ1) is 12.0. The van der Waals surface area contributed by atoms with Crippen LogP contribution in [0.25, 0.3) is 16.6 Å². The van der Waals surface area contributed by atoms with E-state index in [9.17, 15) is 4.79 Å². The van der Waals surface area contributed by atoms with Crippen molar-refractivity contribution >= 4 is 10.9 Å². The number of aryl methyl sites for hydroxylation is 3. The lowest BCUT2D eigenvalue weighted by molar-refractivity contribution is -0.0553. The fraction of sp³-hybridized carbons (Fsp3) is 0.389. The number of benzene rings is 1. The van der Waals surface area contributed by atoms with E-state index in [4.69, 9.17) is 9.47 Å². The van der Waals surface area contributed by atoms with Crippen molar-refractivity contribution in [2.75, 3.05) is 13.2 Å². The zero-order valence-electron chi connectivity index (χ0n) is 14.5. The largest absolute Gasteiger partial charge is 0.348 e. The highest BCUT2D eigenvalue weighted by Gasteiger charge is 2.21. The SMILES string of the molecule is Cc1ccc(-n2ncc3c(C)nn(CC4OCCO4)c(=O)c32)cc1C. The zero-order valence-corrected chi connectivity index (χ0v) is 14.5. The Hall–Kier alpha value is -2.51. The van der Waals surface area contributed by atoms with Crippen LogP contribution in [-0.2, 0) is 16.0 Å². The van der Waals surface area contributed by atoms with Crippen LogP contribution in [0.4, 0.5) is 0 Å². The number of hydrogen-bond acceptors (Lipinski definition) is 5. The van der Waals surface area contributed by atoms with E-state index >= 15 is 0 Å². The molecule has 0 bridgehead atoms. The highest BCUT2D eigenvalue weighted by molar-refractivity contribution is 5.81. The molecule has 1 fully saturated rings. The molecule has 1 aliphatic heterocycles. The van der Waals surface area contributed by atoms with E-state index < -0.39 is 6.29 Å². The highest BCUT2D eigenvalue weighted by Crippen LogP contribution is 2.19. The molecule has 3 aromatic rings. The van der Waals surface area contributed by atoms with Gasteiger partial charge in [0.05, 0.1) is 37.3 Å². The molecule has 0 unspecified atom stereocenters. The molecule has 2 aromatic heterocycles. The summed E-state index contributed by atoms with van der Waals surface area (Å²) in [5.41, 5.74) is 4.29. The van der Waals surface area contributed by atoms with Crippen LogP contribution in [0.1, 0.15) is 16.8 Å². The minimum atomic E-state index is -0.431. The van der Waals surface area contributed by atoms with Gasteiger partial charge in [-0.3, -0.25) is 4.79 Å². The molecule has 25 heavy (non-hydrogen) atoms. The highest BCUT2D eigenvalue weighted by atomic mass is 16.7. The molecule has 7 heteroatoms. The van der Waals surface area contributed by atoms with E-state index in [-0.39, 0.29) is 12.1 Å². The van der Waals surface area contributed by atoms with Crippen molar-refractivity contribution in [3.63, 3.8) is 0 Å². The predicted molar refractivity (Wildman–Crippen MR) is 93.0 cm³/mol. The summed E-state index contributed by atoms with van der Waals surface area (Å²) in [6, 6.07) is 6.03. The summed E-state index contributed by atoms with van der Waals surface area (Å²) in [5, 5.41) is 9.58. The van der Waals surface area contributed by atoms with Crippen LogP contribution < -0.4 is 5.56 Å². The minimum absolute atomic E-state index is 0.199. The van der Waals surface area contributed by atoms with Gasteiger partial charge in [-0.15, -0.1) is 0 Å². The number of hydrogen-bond donors (Lipinski definition) is 0. The summed E-state index contributed by atoms with van der Waals surface area (Å²) in [6.07, 6.45) is 1.27. The number of nitrogens with zero attached hydrogens (tertiary/aromatic N) is 4. The summed E-state index contributed by atoms with van der Waals surface area (Å²) >= 11 is 0. The van der Waals surface area contributed by atoms with Crippen molar-refractivity contribution in [2.45, 2.75) is 33.6 Å². The van der Waals surface area contributed by atoms with Gasteiger partial charge >= 0.3 is 0 Å². The van der Waals surface area contributed by atoms with Crippen molar-refractivity contribution in [3.05, 3.63) is 51.6 Å². The normalized spacial score (nSPS) is 15.3. The Bertz CT molecular complexity index is 999. The molecule has 1 aliphatic rings. The Balaban J connectivity index is 1.87. The predicted octanol–water partition coefficient (Wildman–Crippen LogP) is 1.88. The van der Waals surface area contributed by atoms with E-state index in [1.165, 1.54) is 10.2 Å². The Morgan fingerprint density at radius 2 is 1.92 bits per heavy atom. The molecule has 130 valence electrons. The van der Waals surface area contributed by atoms with Gasteiger partial charge in [0, 0.05) is 5.39 Å². The number of rotatable bonds is 3. The maximum atomic E-state index is 13.0. The quantitative estimate of drug-likeness (QED) is 0.728. The molecule has 0 saturated carbocycles. The number of aromatic nitrogens is 4. The first kappa shape index (κ1) is 16.0. The van der Waals surface area contributed by atoms with Crippen LogP contribution in [-0.4, -0.2) is 39.1 Å². The zero-order chi connectivity index (χ0) is 17.6. The third-order valence-corrected chi connectivity index (χ3v) is 4.61. The van der Waals surface area contributed by atoms with E-state index in [0.29, 0.717) is 18.7 Å². The van der Waals surface area contributed by atoms with Gasteiger partial charge < -0.3 is 9.47 Å². The second-order valence-corrected chi connectivity index (χ2v) is 6.33. The van der Waals surface area contributed by atoms with Crippen molar-refractivity contribution < 1.29 is 9.47 Å². The van der Waals surface area contributed by atoms with Gasteiger partial charge in [-0.2, -0.15) is 10.2 Å². The molecular weight excluding hydrogens is 320 g/mol. The Morgan fingerprint density at radius 3 is 2.64 bits per heavy atom. The summed E-state index contributed by atoms with van der Waals surface area (Å²) in [5.74, 6) is 0. The van der Waals surface area contributed by atoms with Gasteiger partial charge in [0.15, 0.2) is 6.29 Å². The third kappa shape index (κ3) is 2.75. The smallest absolute Gasteiger partial charge is 0.293 e. The lowest BCUT2D eigenvalue weighted by atomic mass is 10.1. The minimum Gasteiger partial charge on any atom is -0.348 e. The standard InChI is InChI=1S/C18H20N4O3/c1-11-4-5-14(8-12(11)2)22-17-15(9-19-22)13(3)20-21(18(17)23)10-16-24-6-7-25-16/h4-5,8-9,16H,6-7,10H2,1-3H3. The Kier molecular flexibility index (Phi) is 3.89. The average molecular weight is 340 g/mol. The first-order valence-electron chi connectivity index (χ1n) is 8.31. The lowest BCUT2D eigenvalue weighted by Crippen LogP contribution is -2.31. The fourth-order valence-corrected chi connectivity index (χ4v) is 3.05. The number of ether oxygens (including phenoxy) is 2. The molecule has 0 radical (unpaired) electrons. The van der Waals surface area contributed by atoms with Crippen molar-refractivity contribution in [2.24, 2.45) is 0 Å². The van der Waals surface area contributed by atoms with Gasteiger partial charge in [0.25, 0.3) is 5.56 Å². The van der Waals surface area contributed by atoms with Crippen molar-refractivity contribution in [1.29, 1.82) is 0 Å². The molecule has 7 nitrogen and oxygen atoms in total. The van der Waals surface area contributed by atoms with Gasteiger partial charge in [0.1, 0.15) is 5.52 Å². The Labute approximate surface area is 144 Å². The second kappa shape index (κ2) is 6.09. The summed E-state index contributed by atoms with van der Waals surface area (Å²) < 4.78 is 14.0. The first-order valence-corrected chi connectivity index (χ1v) is 8.31. The van der Waals surface area contributed by atoms with Crippen LogP contribution in [0.5, 0.6) is 0 Å². The van der Waals surface area contributed by atoms with Crippen LogP contribution >= 0.6 is 0 Å². The van der Waals surface area contributed by atoms with Crippen LogP contribution in [0.3, 0.4) is 0 Å². The maximum Gasteiger partial charge on any atom is 0.293 e. The second-order valence-electron chi connectivity index (χ2n) is 6.33. The van der Waals surface area contributed by atoms with E-state index in [1.54, 1.807) is 10.9 Å². The molecular formula is C18H20N4O3. The molecule has 0 atom stereocenters. The van der Waals surface area contributed by atoms with Crippen LogP contribution in [0.15, 0.2) is 29.2 Å². The van der Waals surface area contributed by atoms with Gasteiger partial charge in [-0.05, 0) is 44.0 Å². The van der Waals surface area contributed by atoms with Crippen molar-refractivity contribution in [3.8, 4) is 5.69 Å². The molecule has 1 aromatic carbocycles. The van der Waals surface area contributed by atoms with Gasteiger partial charge in [-0.25, -0.2) is 9.36 Å². The monoisotopic (exact) mass is 340 g/mol. The summed E-state index contributed by atoms with van der Waals surface area (Å²) in [4.78, 5) is 13.0. The van der Waals surface area contributed by atoms with Crippen LogP contribution in [0.2, 0.25) is 0 Å². The average Bonchev–Trinajstić information content (AvgIpc) is 3.24. The molecule has 0 aliphatic carbocycles. The maximum absolute atomic E-state index is 13.0. The van der Waals surface area contributed by atoms with E-state index in [2.05, 4.69) is 17.1 Å². The molecule has 4 rings (SSSR count). The van der Waals surface area contributed by atoms with Gasteiger partial charge in [-0.1, -0.05) is 6.07 Å². The van der Waals surface area contributed by atoms with Gasteiger partial charge in [0.2, 0.25) is 0 Å². The molecule has 0 N–H and O–H groups in total. The topological polar surface area (TPSA) is 71.2 Å². The van der Waals surface area contributed by atoms with E-state index in [0.717, 1.165) is 22.3 Å². The van der Waals surface area contributed by atoms with Crippen LogP contribution in [0, 0.1) is 20.8 Å². The number of fused-ring (bicyclic) bond motifs is 1. The third-order valence-electron chi connectivity index (χ3n) is 4.61. The molecule has 0 spiro atoms. The molecule has 1 saturated heterocycles. The summed E-state index contributed by atoms with van der Waals surface area (Å²) in [6.45, 7) is 7.34.